The first-order valence-electron chi connectivity index (χ1n) is 6.97. The van der Waals surface area contributed by atoms with Gasteiger partial charge in [-0.1, -0.05) is 18.2 Å². The zero-order valence-corrected chi connectivity index (χ0v) is 12.7. The van der Waals surface area contributed by atoms with Gasteiger partial charge in [0.2, 0.25) is 0 Å². The van der Waals surface area contributed by atoms with Gasteiger partial charge in [0.15, 0.2) is 0 Å². The predicted molar refractivity (Wildman–Crippen MR) is 82.9 cm³/mol. The van der Waals surface area contributed by atoms with Crippen LogP contribution in [0.5, 0.6) is 0 Å². The van der Waals surface area contributed by atoms with Crippen LogP contribution in [0.2, 0.25) is 0 Å². The van der Waals surface area contributed by atoms with E-state index in [9.17, 15) is 9.59 Å². The number of nitrogens with zero attached hydrogens (tertiary/aromatic N) is 2. The molecule has 0 aliphatic rings. The molecule has 0 saturated carbocycles. The van der Waals surface area contributed by atoms with Crippen LogP contribution in [0, 0.1) is 0 Å². The molecule has 5 heteroatoms. The zero-order chi connectivity index (χ0) is 15.8. The second-order valence-corrected chi connectivity index (χ2v) is 4.73. The fourth-order valence-corrected chi connectivity index (χ4v) is 2.04. The largest absolute Gasteiger partial charge is 0.478 e. The number of urea groups is 1. The van der Waals surface area contributed by atoms with Crippen LogP contribution in [0.4, 0.5) is 4.79 Å². The molecule has 5 nitrogen and oxygen atoms in total. The van der Waals surface area contributed by atoms with Crippen molar-refractivity contribution in [2.24, 2.45) is 0 Å². The fourth-order valence-electron chi connectivity index (χ4n) is 2.04. The molecular formula is C16H22N2O3. The van der Waals surface area contributed by atoms with Gasteiger partial charge in [0.25, 0.3) is 0 Å². The maximum atomic E-state index is 12.2. The van der Waals surface area contributed by atoms with Gasteiger partial charge >= 0.3 is 12.0 Å². The summed E-state index contributed by atoms with van der Waals surface area (Å²) in [6, 6.07) is 7.48. The third-order valence-electron chi connectivity index (χ3n) is 3.15. The van der Waals surface area contributed by atoms with Gasteiger partial charge in [-0.3, -0.25) is 0 Å². The maximum absolute atomic E-state index is 12.2. The van der Waals surface area contributed by atoms with Gasteiger partial charge in [0.1, 0.15) is 0 Å². The molecule has 1 rings (SSSR count). The number of aliphatic carboxylic acids is 1. The molecule has 0 heterocycles. The van der Waals surface area contributed by atoms with Gasteiger partial charge in [0, 0.05) is 32.8 Å². The zero-order valence-electron chi connectivity index (χ0n) is 12.7. The van der Waals surface area contributed by atoms with Gasteiger partial charge in [-0.15, -0.1) is 0 Å². The van der Waals surface area contributed by atoms with Crippen molar-refractivity contribution < 1.29 is 14.7 Å². The number of carbonyl (C=O) groups excluding carboxylic acids is 1. The molecule has 0 unspecified atom stereocenters. The van der Waals surface area contributed by atoms with E-state index >= 15 is 0 Å². The van der Waals surface area contributed by atoms with Crippen molar-refractivity contribution in [3.05, 3.63) is 41.5 Å². The van der Waals surface area contributed by atoms with Crippen LogP contribution in [0.25, 0.3) is 6.08 Å². The first kappa shape index (κ1) is 16.8. The molecule has 21 heavy (non-hydrogen) atoms. The Kier molecular flexibility index (Phi) is 6.46. The lowest BCUT2D eigenvalue weighted by Crippen LogP contribution is -2.40. The van der Waals surface area contributed by atoms with E-state index in [2.05, 4.69) is 0 Å². The summed E-state index contributed by atoms with van der Waals surface area (Å²) in [4.78, 5) is 26.1. The van der Waals surface area contributed by atoms with Crippen molar-refractivity contribution in [1.29, 1.82) is 0 Å². The third-order valence-corrected chi connectivity index (χ3v) is 3.15. The molecule has 0 radical (unpaired) electrons. The van der Waals surface area contributed by atoms with Gasteiger partial charge < -0.3 is 14.9 Å². The predicted octanol–water partition coefficient (Wildman–Crippen LogP) is 2.68. The summed E-state index contributed by atoms with van der Waals surface area (Å²) in [5, 5.41) is 8.63. The summed E-state index contributed by atoms with van der Waals surface area (Å²) in [5.74, 6) is -0.978. The average Bonchev–Trinajstić information content (AvgIpc) is 2.46. The normalized spacial score (nSPS) is 10.6. The summed E-state index contributed by atoms with van der Waals surface area (Å²) < 4.78 is 0. The quantitative estimate of drug-likeness (QED) is 0.819. The molecule has 0 fully saturated rings. The minimum atomic E-state index is -0.978. The van der Waals surface area contributed by atoms with Crippen molar-refractivity contribution in [2.75, 3.05) is 20.1 Å². The molecule has 0 spiro atoms. The van der Waals surface area contributed by atoms with Crippen molar-refractivity contribution in [3.63, 3.8) is 0 Å². The van der Waals surface area contributed by atoms with Crippen LogP contribution in [0.3, 0.4) is 0 Å². The number of carboxylic acid groups (broad SMARTS) is 1. The van der Waals surface area contributed by atoms with E-state index in [0.29, 0.717) is 19.6 Å². The van der Waals surface area contributed by atoms with Crippen molar-refractivity contribution in [2.45, 2.75) is 20.4 Å². The molecule has 0 aromatic heterocycles. The number of hydrogen-bond donors (Lipinski definition) is 1. The number of carboxylic acids is 1. The molecule has 0 bridgehead atoms. The van der Waals surface area contributed by atoms with Crippen LogP contribution < -0.4 is 0 Å². The standard InChI is InChI=1S/C16H22N2O3/c1-4-18(5-2)16(21)17(3)12-14-8-6-7-13(11-14)9-10-15(19)20/h6-11H,4-5,12H2,1-3H3,(H,19,20). The molecule has 114 valence electrons. The molecule has 2 amide bonds. The molecule has 0 aliphatic carbocycles. The summed E-state index contributed by atoms with van der Waals surface area (Å²) in [7, 11) is 1.76. The Morgan fingerprint density at radius 3 is 2.48 bits per heavy atom. The lowest BCUT2D eigenvalue weighted by atomic mass is 10.1. The minimum absolute atomic E-state index is 0.00789. The molecule has 1 aromatic carbocycles. The molecule has 0 atom stereocenters. The highest BCUT2D eigenvalue weighted by Gasteiger charge is 2.14. The summed E-state index contributed by atoms with van der Waals surface area (Å²) in [5.41, 5.74) is 1.77. The van der Waals surface area contributed by atoms with Gasteiger partial charge in [-0.25, -0.2) is 9.59 Å². The lowest BCUT2D eigenvalue weighted by molar-refractivity contribution is -0.131. The van der Waals surface area contributed by atoms with Crippen LogP contribution in [0.15, 0.2) is 30.3 Å². The summed E-state index contributed by atoms with van der Waals surface area (Å²) >= 11 is 0. The Hall–Kier alpha value is -2.30. The highest BCUT2D eigenvalue weighted by atomic mass is 16.4. The van der Waals surface area contributed by atoms with Crippen LogP contribution in [-0.4, -0.2) is 47.0 Å². The van der Waals surface area contributed by atoms with Crippen molar-refractivity contribution in [3.8, 4) is 0 Å². The van der Waals surface area contributed by atoms with Crippen LogP contribution in [-0.2, 0) is 11.3 Å². The van der Waals surface area contributed by atoms with Crippen molar-refractivity contribution >= 4 is 18.1 Å². The van der Waals surface area contributed by atoms with Gasteiger partial charge in [-0.2, -0.15) is 0 Å². The SMILES string of the molecule is CCN(CC)C(=O)N(C)Cc1cccc(C=CC(=O)O)c1. The Labute approximate surface area is 125 Å². The Morgan fingerprint density at radius 2 is 1.90 bits per heavy atom. The highest BCUT2D eigenvalue weighted by Crippen LogP contribution is 2.10. The number of benzene rings is 1. The van der Waals surface area contributed by atoms with E-state index in [1.807, 2.05) is 38.1 Å². The average molecular weight is 290 g/mol. The van der Waals surface area contributed by atoms with Crippen LogP contribution >= 0.6 is 0 Å². The van der Waals surface area contributed by atoms with E-state index in [1.165, 1.54) is 6.08 Å². The molecule has 0 saturated heterocycles. The van der Waals surface area contributed by atoms with E-state index in [4.69, 9.17) is 5.11 Å². The first-order chi connectivity index (χ1) is 9.97. The summed E-state index contributed by atoms with van der Waals surface area (Å²) in [6.45, 7) is 5.76. The van der Waals surface area contributed by atoms with Crippen LogP contribution in [0.1, 0.15) is 25.0 Å². The number of amides is 2. The first-order valence-corrected chi connectivity index (χ1v) is 6.97. The molecule has 1 aromatic rings. The van der Waals surface area contributed by atoms with E-state index in [0.717, 1.165) is 17.2 Å². The molecule has 0 aliphatic heterocycles. The van der Waals surface area contributed by atoms with E-state index < -0.39 is 5.97 Å². The summed E-state index contributed by atoms with van der Waals surface area (Å²) in [6.07, 6.45) is 2.64. The van der Waals surface area contributed by atoms with Gasteiger partial charge in [-0.05, 0) is 37.1 Å². The van der Waals surface area contributed by atoms with E-state index in [-0.39, 0.29) is 6.03 Å². The van der Waals surface area contributed by atoms with Gasteiger partial charge in [0.05, 0.1) is 0 Å². The fraction of sp³-hybridized carbons (Fsp3) is 0.375. The highest BCUT2D eigenvalue weighted by molar-refractivity contribution is 5.85. The van der Waals surface area contributed by atoms with E-state index in [1.54, 1.807) is 16.8 Å². The second kappa shape index (κ2) is 8.09. The smallest absolute Gasteiger partial charge is 0.328 e. The Balaban J connectivity index is 2.76. The monoisotopic (exact) mass is 290 g/mol. The lowest BCUT2D eigenvalue weighted by Gasteiger charge is -2.26. The molecule has 1 N–H and O–H groups in total. The topological polar surface area (TPSA) is 60.9 Å². The number of rotatable bonds is 6. The number of carbonyl (C=O) groups is 2. The molecular weight excluding hydrogens is 268 g/mol. The Bertz CT molecular complexity index is 522. The van der Waals surface area contributed by atoms with Crippen molar-refractivity contribution in [1.82, 2.24) is 9.80 Å². The Morgan fingerprint density at radius 1 is 1.24 bits per heavy atom. The minimum Gasteiger partial charge on any atom is -0.478 e. The second-order valence-electron chi connectivity index (χ2n) is 4.73. The third kappa shape index (κ3) is 5.30. The maximum Gasteiger partial charge on any atom is 0.328 e. The number of hydrogen-bond acceptors (Lipinski definition) is 2.